The number of hydrogen-bond donors (Lipinski definition) is 0. The van der Waals surface area contributed by atoms with Gasteiger partial charge in [-0.1, -0.05) is 11.6 Å². The van der Waals surface area contributed by atoms with Crippen LogP contribution in [0.4, 0.5) is 0 Å². The Hall–Kier alpha value is -0.810. The number of hydrogen-bond acceptors (Lipinski definition) is 5. The molecule has 0 atom stereocenters. The Balaban J connectivity index is 4.25. The van der Waals surface area contributed by atoms with Crippen molar-refractivity contribution in [2.45, 2.75) is 20.0 Å². The van der Waals surface area contributed by atoms with Gasteiger partial charge >= 0.3 is 11.9 Å². The van der Waals surface area contributed by atoms with E-state index in [1.807, 2.05) is 0 Å². The first kappa shape index (κ1) is 13.2. The molecule has 5 nitrogen and oxygen atoms in total. The van der Waals surface area contributed by atoms with Gasteiger partial charge in [0.2, 0.25) is 0 Å². The highest BCUT2D eigenvalue weighted by Gasteiger charge is 2.30. The van der Waals surface area contributed by atoms with Crippen LogP contribution in [-0.4, -0.2) is 37.3 Å². The van der Waals surface area contributed by atoms with Crippen molar-refractivity contribution in [1.82, 2.24) is 0 Å². The molecule has 0 saturated heterocycles. The fourth-order valence-electron chi connectivity index (χ4n) is 0.731. The molecule has 6 heteroatoms. The van der Waals surface area contributed by atoms with E-state index < -0.39 is 18.0 Å². The lowest BCUT2D eigenvalue weighted by Gasteiger charge is -2.12. The van der Waals surface area contributed by atoms with E-state index in [9.17, 15) is 9.59 Å². The summed E-state index contributed by atoms with van der Waals surface area (Å²) in [4.78, 5) is 22.3. The van der Waals surface area contributed by atoms with Gasteiger partial charge in [0.25, 0.3) is 6.10 Å². The van der Waals surface area contributed by atoms with Gasteiger partial charge in [0, 0.05) is 0 Å². The maximum Gasteiger partial charge on any atom is 0.347 e. The Morgan fingerprint density at radius 3 is 1.86 bits per heavy atom. The summed E-state index contributed by atoms with van der Waals surface area (Å²) in [7, 11) is 0. The van der Waals surface area contributed by atoms with Crippen LogP contribution in [0.25, 0.3) is 0 Å². The maximum atomic E-state index is 11.1. The number of rotatable bonds is 6. The number of carbonyl (C=O) groups excluding carboxylic acids is 2. The van der Waals surface area contributed by atoms with E-state index in [0.29, 0.717) is 0 Å². The number of halogens is 1. The van der Waals surface area contributed by atoms with E-state index in [-0.39, 0.29) is 19.3 Å². The zero-order valence-corrected chi connectivity index (χ0v) is 8.87. The smallest absolute Gasteiger partial charge is 0.347 e. The molecule has 0 aromatic carbocycles. The van der Waals surface area contributed by atoms with Gasteiger partial charge in [-0.2, -0.15) is 0 Å². The summed E-state index contributed by atoms with van der Waals surface area (Å²) in [5.41, 5.74) is 0. The molecule has 0 bridgehead atoms. The zero-order chi connectivity index (χ0) is 11.0. The summed E-state index contributed by atoms with van der Waals surface area (Å²) in [5, 5.41) is 0. The third-order valence-electron chi connectivity index (χ3n) is 1.23. The Bertz CT molecular complexity index is 176. The second kappa shape index (κ2) is 7.58. The second-order valence-corrected chi connectivity index (χ2v) is 2.38. The van der Waals surface area contributed by atoms with Gasteiger partial charge in [-0.05, 0) is 13.8 Å². The van der Waals surface area contributed by atoms with Crippen molar-refractivity contribution in [2.24, 2.45) is 0 Å². The lowest BCUT2D eigenvalue weighted by Crippen LogP contribution is -2.36. The molecule has 0 aliphatic rings. The molecule has 0 heterocycles. The Labute approximate surface area is 87.3 Å². The molecule has 14 heavy (non-hydrogen) atoms. The molecule has 0 aliphatic carbocycles. The van der Waals surface area contributed by atoms with Crippen molar-refractivity contribution >= 4 is 23.5 Å². The molecule has 0 rings (SSSR count). The Morgan fingerprint density at radius 1 is 1.14 bits per heavy atom. The van der Waals surface area contributed by atoms with Gasteiger partial charge < -0.3 is 14.2 Å². The predicted molar refractivity (Wildman–Crippen MR) is 48.9 cm³/mol. The highest BCUT2D eigenvalue weighted by Crippen LogP contribution is 2.00. The normalized spacial score (nSPS) is 10.0. The minimum absolute atomic E-state index is 0.167. The van der Waals surface area contributed by atoms with Crippen molar-refractivity contribution in [3.05, 3.63) is 0 Å². The lowest BCUT2D eigenvalue weighted by atomic mass is 10.3. The van der Waals surface area contributed by atoms with Gasteiger partial charge in [0.15, 0.2) is 0 Å². The van der Waals surface area contributed by atoms with Gasteiger partial charge in [0.1, 0.15) is 6.07 Å². The molecule has 0 unspecified atom stereocenters. The number of carbonyl (C=O) groups is 2. The predicted octanol–water partition coefficient (Wildman–Crippen LogP) is 0.694. The van der Waals surface area contributed by atoms with Crippen LogP contribution in [0.5, 0.6) is 0 Å². The monoisotopic (exact) mass is 224 g/mol. The average Bonchev–Trinajstić information content (AvgIpc) is 2.14. The van der Waals surface area contributed by atoms with Crippen molar-refractivity contribution < 1.29 is 23.8 Å². The van der Waals surface area contributed by atoms with E-state index in [4.69, 9.17) is 11.6 Å². The largest absolute Gasteiger partial charge is 0.464 e. The third kappa shape index (κ3) is 4.43. The van der Waals surface area contributed by atoms with Gasteiger partial charge in [-0.25, -0.2) is 9.59 Å². The Kier molecular flexibility index (Phi) is 7.14. The molecule has 0 radical (unpaired) electrons. The van der Waals surface area contributed by atoms with Crippen LogP contribution in [0.2, 0.25) is 0 Å². The SMILES string of the molecule is CCOC(=O)C(OCCl)C(=O)OCC. The molecule has 0 aliphatic heterocycles. The highest BCUT2D eigenvalue weighted by molar-refractivity contribution is 6.17. The molecular weight excluding hydrogens is 212 g/mol. The van der Waals surface area contributed by atoms with E-state index in [1.165, 1.54) is 0 Å². The fraction of sp³-hybridized carbons (Fsp3) is 0.750. The fourth-order valence-corrected chi connectivity index (χ4v) is 0.857. The van der Waals surface area contributed by atoms with Crippen molar-refractivity contribution in [3.63, 3.8) is 0 Å². The van der Waals surface area contributed by atoms with Crippen LogP contribution in [0.15, 0.2) is 0 Å². The highest BCUT2D eigenvalue weighted by atomic mass is 35.5. The van der Waals surface area contributed by atoms with Crippen LogP contribution in [0.3, 0.4) is 0 Å². The first-order valence-electron chi connectivity index (χ1n) is 4.18. The average molecular weight is 225 g/mol. The van der Waals surface area contributed by atoms with Crippen LogP contribution in [0, 0.1) is 0 Å². The molecule has 0 N–H and O–H groups in total. The molecule has 0 aromatic rings. The standard InChI is InChI=1S/C8H13ClO5/c1-3-12-7(10)6(14-5-9)8(11)13-4-2/h6H,3-5H2,1-2H3. The maximum absolute atomic E-state index is 11.1. The topological polar surface area (TPSA) is 61.8 Å². The lowest BCUT2D eigenvalue weighted by molar-refractivity contribution is -0.171. The molecule has 0 amide bonds. The number of esters is 2. The van der Waals surface area contributed by atoms with Gasteiger partial charge in [0.05, 0.1) is 13.2 Å². The third-order valence-corrected chi connectivity index (χ3v) is 1.36. The molecule has 0 aromatic heterocycles. The number of alkyl halides is 1. The minimum Gasteiger partial charge on any atom is -0.464 e. The molecule has 0 saturated carbocycles. The van der Waals surface area contributed by atoms with Crippen molar-refractivity contribution in [3.8, 4) is 0 Å². The first-order chi connectivity index (χ1) is 6.67. The quantitative estimate of drug-likeness (QED) is 0.378. The summed E-state index contributed by atoms with van der Waals surface area (Å²) in [6, 6.07) is -0.276. The summed E-state index contributed by atoms with van der Waals surface area (Å²) < 4.78 is 13.9. The van der Waals surface area contributed by atoms with E-state index in [2.05, 4.69) is 14.2 Å². The Morgan fingerprint density at radius 2 is 1.57 bits per heavy atom. The van der Waals surface area contributed by atoms with Crippen LogP contribution >= 0.6 is 11.6 Å². The number of ether oxygens (including phenoxy) is 3. The van der Waals surface area contributed by atoms with Crippen LogP contribution < -0.4 is 0 Å². The molecule has 0 fully saturated rings. The van der Waals surface area contributed by atoms with Crippen LogP contribution in [-0.2, 0) is 23.8 Å². The molecular formula is C8H13ClO5. The first-order valence-corrected chi connectivity index (χ1v) is 4.71. The summed E-state index contributed by atoms with van der Waals surface area (Å²) in [6.45, 7) is 3.59. The van der Waals surface area contributed by atoms with Crippen molar-refractivity contribution in [1.29, 1.82) is 0 Å². The van der Waals surface area contributed by atoms with Crippen molar-refractivity contribution in [2.75, 3.05) is 19.3 Å². The summed E-state index contributed by atoms with van der Waals surface area (Å²) in [6.07, 6.45) is -1.38. The van der Waals surface area contributed by atoms with E-state index >= 15 is 0 Å². The molecule has 0 spiro atoms. The zero-order valence-electron chi connectivity index (χ0n) is 8.12. The van der Waals surface area contributed by atoms with Gasteiger partial charge in [-0.15, -0.1) is 0 Å². The van der Waals surface area contributed by atoms with Crippen LogP contribution in [0.1, 0.15) is 13.8 Å². The van der Waals surface area contributed by atoms with Gasteiger partial charge in [-0.3, -0.25) is 0 Å². The minimum atomic E-state index is -1.38. The summed E-state index contributed by atoms with van der Waals surface area (Å²) in [5.74, 6) is -1.57. The molecule has 82 valence electrons. The van der Waals surface area contributed by atoms with E-state index in [1.54, 1.807) is 13.8 Å². The van der Waals surface area contributed by atoms with E-state index in [0.717, 1.165) is 0 Å². The second-order valence-electron chi connectivity index (χ2n) is 2.16. The summed E-state index contributed by atoms with van der Waals surface area (Å²) >= 11 is 5.25.